The van der Waals surface area contributed by atoms with Crippen LogP contribution in [-0.4, -0.2) is 29.9 Å². The lowest BCUT2D eigenvalue weighted by Crippen LogP contribution is -2.02. The fraction of sp³-hybridized carbons (Fsp3) is 0.125. The molecule has 0 spiro atoms. The number of ether oxygens (including phenoxy) is 1. The van der Waals surface area contributed by atoms with Crippen LogP contribution in [0.4, 0.5) is 4.39 Å². The fourth-order valence-electron chi connectivity index (χ4n) is 2.11. The van der Waals surface area contributed by atoms with Gasteiger partial charge in [-0.3, -0.25) is 10.1 Å². The van der Waals surface area contributed by atoms with Gasteiger partial charge >= 0.3 is 0 Å². The van der Waals surface area contributed by atoms with Gasteiger partial charge in [-0.1, -0.05) is 0 Å². The fourth-order valence-corrected chi connectivity index (χ4v) is 2.80. The number of pyridine rings is 1. The summed E-state index contributed by atoms with van der Waals surface area (Å²) in [5, 5.41) is 6.66. The summed E-state index contributed by atoms with van der Waals surface area (Å²) in [7, 11) is -3.48. The number of nitrogens with zero attached hydrogens (tertiary/aromatic N) is 2. The second-order valence-electron chi connectivity index (χ2n) is 5.21. The molecule has 0 atom stereocenters. The minimum Gasteiger partial charge on any atom is -0.487 e. The molecule has 0 radical (unpaired) electrons. The highest BCUT2D eigenvalue weighted by molar-refractivity contribution is 7.90. The number of halogens is 1. The van der Waals surface area contributed by atoms with E-state index in [1.165, 1.54) is 18.3 Å². The molecule has 0 unspecified atom stereocenters. The Labute approximate surface area is 138 Å². The number of aromatic nitrogens is 3. The highest BCUT2D eigenvalue weighted by Gasteiger charge is 2.11. The Hall–Kier alpha value is -2.74. The molecular formula is C16H14FN3O3S. The van der Waals surface area contributed by atoms with Crippen LogP contribution >= 0.6 is 0 Å². The van der Waals surface area contributed by atoms with Crippen molar-refractivity contribution in [2.75, 3.05) is 6.26 Å². The molecule has 0 fully saturated rings. The van der Waals surface area contributed by atoms with Crippen LogP contribution in [0.25, 0.3) is 11.4 Å². The molecule has 2 aromatic heterocycles. The van der Waals surface area contributed by atoms with Gasteiger partial charge in [0.2, 0.25) is 0 Å². The summed E-state index contributed by atoms with van der Waals surface area (Å²) in [6.07, 6.45) is 4.20. The van der Waals surface area contributed by atoms with E-state index in [1.54, 1.807) is 24.4 Å². The summed E-state index contributed by atoms with van der Waals surface area (Å²) in [5.74, 6) is -0.132. The van der Waals surface area contributed by atoms with Gasteiger partial charge in [0.1, 0.15) is 18.2 Å². The zero-order valence-electron chi connectivity index (χ0n) is 12.7. The van der Waals surface area contributed by atoms with Crippen LogP contribution in [0.1, 0.15) is 5.56 Å². The van der Waals surface area contributed by atoms with Crippen LogP contribution in [0.3, 0.4) is 0 Å². The van der Waals surface area contributed by atoms with E-state index in [1.807, 2.05) is 0 Å². The van der Waals surface area contributed by atoms with Crippen LogP contribution < -0.4 is 4.74 Å². The summed E-state index contributed by atoms with van der Waals surface area (Å²) in [4.78, 5) is 4.17. The largest absolute Gasteiger partial charge is 0.487 e. The molecule has 1 aromatic carbocycles. The van der Waals surface area contributed by atoms with Crippen molar-refractivity contribution < 1.29 is 17.5 Å². The SMILES string of the molecule is CS(=O)(=O)c1cc(F)cc(COc2ccc(-c3ccn[nH]3)nc2)c1. The normalized spacial score (nSPS) is 11.4. The predicted molar refractivity (Wildman–Crippen MR) is 85.7 cm³/mol. The molecule has 124 valence electrons. The van der Waals surface area contributed by atoms with E-state index in [0.29, 0.717) is 17.0 Å². The van der Waals surface area contributed by atoms with Gasteiger partial charge in [0, 0.05) is 12.5 Å². The van der Waals surface area contributed by atoms with Crippen LogP contribution in [0.15, 0.2) is 53.7 Å². The van der Waals surface area contributed by atoms with E-state index in [9.17, 15) is 12.8 Å². The van der Waals surface area contributed by atoms with Crippen molar-refractivity contribution in [3.05, 3.63) is 60.2 Å². The van der Waals surface area contributed by atoms with E-state index in [2.05, 4.69) is 15.2 Å². The Morgan fingerprint density at radius 3 is 2.67 bits per heavy atom. The second kappa shape index (κ2) is 6.40. The maximum absolute atomic E-state index is 13.6. The first-order chi connectivity index (χ1) is 11.4. The number of H-pyrrole nitrogens is 1. The number of hydrogen-bond acceptors (Lipinski definition) is 5. The van der Waals surface area contributed by atoms with Gasteiger partial charge in [-0.05, 0) is 42.0 Å². The third-order valence-corrected chi connectivity index (χ3v) is 4.37. The van der Waals surface area contributed by atoms with Gasteiger partial charge in [0.25, 0.3) is 0 Å². The van der Waals surface area contributed by atoms with Gasteiger partial charge in [-0.15, -0.1) is 0 Å². The first-order valence-electron chi connectivity index (χ1n) is 7.00. The molecule has 2 heterocycles. The van der Waals surface area contributed by atoms with Gasteiger partial charge < -0.3 is 4.74 Å². The summed E-state index contributed by atoms with van der Waals surface area (Å²) < 4.78 is 42.2. The lowest BCUT2D eigenvalue weighted by atomic mass is 10.2. The average Bonchev–Trinajstić information content (AvgIpc) is 3.06. The van der Waals surface area contributed by atoms with E-state index >= 15 is 0 Å². The maximum atomic E-state index is 13.6. The minimum atomic E-state index is -3.48. The molecule has 0 bridgehead atoms. The summed E-state index contributed by atoms with van der Waals surface area (Å²) >= 11 is 0. The van der Waals surface area contributed by atoms with Crippen LogP contribution in [-0.2, 0) is 16.4 Å². The summed E-state index contributed by atoms with van der Waals surface area (Å²) in [5.41, 5.74) is 1.92. The quantitative estimate of drug-likeness (QED) is 0.767. The molecule has 1 N–H and O–H groups in total. The van der Waals surface area contributed by atoms with Crippen molar-refractivity contribution in [3.8, 4) is 17.1 Å². The van der Waals surface area contributed by atoms with Crippen molar-refractivity contribution in [1.82, 2.24) is 15.2 Å². The van der Waals surface area contributed by atoms with Gasteiger partial charge in [0.15, 0.2) is 9.84 Å². The molecule has 0 aliphatic carbocycles. The third kappa shape index (κ3) is 3.77. The summed E-state index contributed by atoms with van der Waals surface area (Å²) in [6.45, 7) is 0.0331. The molecular weight excluding hydrogens is 333 g/mol. The van der Waals surface area contributed by atoms with Crippen LogP contribution in [0, 0.1) is 5.82 Å². The molecule has 0 amide bonds. The van der Waals surface area contributed by atoms with Crippen LogP contribution in [0.2, 0.25) is 0 Å². The summed E-state index contributed by atoms with van der Waals surface area (Å²) in [6, 6.07) is 8.89. The van der Waals surface area contributed by atoms with E-state index < -0.39 is 15.7 Å². The molecule has 3 aromatic rings. The topological polar surface area (TPSA) is 84.9 Å². The Kier molecular flexibility index (Phi) is 4.30. The lowest BCUT2D eigenvalue weighted by molar-refractivity contribution is 0.304. The molecule has 8 heteroatoms. The van der Waals surface area contributed by atoms with Crippen LogP contribution in [0.5, 0.6) is 5.75 Å². The second-order valence-corrected chi connectivity index (χ2v) is 7.22. The zero-order chi connectivity index (χ0) is 17.2. The average molecular weight is 347 g/mol. The number of nitrogens with one attached hydrogen (secondary N) is 1. The molecule has 6 nitrogen and oxygen atoms in total. The van der Waals surface area contributed by atoms with E-state index in [0.717, 1.165) is 18.0 Å². The Bertz CT molecular complexity index is 939. The van der Waals surface area contributed by atoms with Gasteiger partial charge in [-0.2, -0.15) is 5.10 Å². The highest BCUT2D eigenvalue weighted by Crippen LogP contribution is 2.19. The van der Waals surface area contributed by atoms with Crippen molar-refractivity contribution >= 4 is 9.84 Å². The van der Waals surface area contributed by atoms with Gasteiger partial charge in [-0.25, -0.2) is 12.8 Å². The zero-order valence-corrected chi connectivity index (χ0v) is 13.5. The molecule has 24 heavy (non-hydrogen) atoms. The first kappa shape index (κ1) is 16.1. The Morgan fingerprint density at radius 1 is 1.21 bits per heavy atom. The number of hydrogen-bond donors (Lipinski definition) is 1. The van der Waals surface area contributed by atoms with E-state index in [4.69, 9.17) is 4.74 Å². The Balaban J connectivity index is 1.73. The molecule has 3 rings (SSSR count). The first-order valence-corrected chi connectivity index (χ1v) is 8.89. The van der Waals surface area contributed by atoms with Crippen molar-refractivity contribution in [2.24, 2.45) is 0 Å². The van der Waals surface area contributed by atoms with E-state index in [-0.39, 0.29) is 11.5 Å². The number of aromatic amines is 1. The molecule has 0 saturated carbocycles. The molecule has 0 aliphatic heterocycles. The van der Waals surface area contributed by atoms with Crippen molar-refractivity contribution in [1.29, 1.82) is 0 Å². The minimum absolute atomic E-state index is 0.0331. The number of rotatable bonds is 5. The van der Waals surface area contributed by atoms with Crippen molar-refractivity contribution in [2.45, 2.75) is 11.5 Å². The molecule has 0 saturated heterocycles. The predicted octanol–water partition coefficient (Wildman–Crippen LogP) is 2.59. The van der Waals surface area contributed by atoms with Gasteiger partial charge in [0.05, 0.1) is 22.5 Å². The smallest absolute Gasteiger partial charge is 0.175 e. The monoisotopic (exact) mass is 347 g/mol. The number of benzene rings is 1. The maximum Gasteiger partial charge on any atom is 0.175 e. The number of sulfone groups is 1. The molecule has 0 aliphatic rings. The Morgan fingerprint density at radius 2 is 2.04 bits per heavy atom. The highest BCUT2D eigenvalue weighted by atomic mass is 32.2. The lowest BCUT2D eigenvalue weighted by Gasteiger charge is -2.08. The van der Waals surface area contributed by atoms with Crippen molar-refractivity contribution in [3.63, 3.8) is 0 Å². The standard InChI is InChI=1S/C16H14FN3O3S/c1-24(21,22)14-7-11(6-12(17)8-14)10-23-13-2-3-15(18-9-13)16-4-5-19-20-16/h2-9H,10H2,1H3,(H,19,20). The third-order valence-electron chi connectivity index (χ3n) is 3.28.